The Morgan fingerprint density at radius 1 is 1.10 bits per heavy atom. The molecule has 0 saturated carbocycles. The molecule has 29 heavy (non-hydrogen) atoms. The van der Waals surface area contributed by atoms with Crippen LogP contribution in [0.3, 0.4) is 0 Å². The maximum atomic E-state index is 12.4. The van der Waals surface area contributed by atoms with Crippen LogP contribution in [0.4, 0.5) is 10.5 Å². The molecule has 1 saturated heterocycles. The average Bonchev–Trinajstić information content (AvgIpc) is 2.73. The fourth-order valence-electron chi connectivity index (χ4n) is 5.08. The van der Waals surface area contributed by atoms with Crippen LogP contribution in [-0.4, -0.2) is 19.3 Å². The minimum absolute atomic E-state index is 0.0428. The zero-order chi connectivity index (χ0) is 20.4. The summed E-state index contributed by atoms with van der Waals surface area (Å²) in [6.45, 7) is 7.62. The SMILES string of the molecule is CC1=C[C@@H](C)[C@@]2(COC(=O)Nc3ccccc3)CO[C@H](c3ccccc3)[C@H]1[C@@H]2C. The Morgan fingerprint density at radius 2 is 1.76 bits per heavy atom. The Labute approximate surface area is 172 Å². The first-order valence-corrected chi connectivity index (χ1v) is 10.3. The van der Waals surface area contributed by atoms with E-state index in [0.717, 1.165) is 5.69 Å². The topological polar surface area (TPSA) is 47.6 Å². The molecule has 0 spiro atoms. The fraction of sp³-hybridized carbons (Fsp3) is 0.400. The lowest BCUT2D eigenvalue weighted by Gasteiger charge is -2.55. The summed E-state index contributed by atoms with van der Waals surface area (Å²) in [5, 5.41) is 2.81. The second-order valence-electron chi connectivity index (χ2n) is 8.46. The summed E-state index contributed by atoms with van der Waals surface area (Å²) in [4.78, 5) is 12.4. The van der Waals surface area contributed by atoms with E-state index in [1.54, 1.807) is 0 Å². The summed E-state index contributed by atoms with van der Waals surface area (Å²) < 4.78 is 12.2. The number of rotatable bonds is 4. The lowest BCUT2D eigenvalue weighted by Crippen LogP contribution is -2.54. The van der Waals surface area contributed by atoms with Crippen molar-refractivity contribution in [1.29, 1.82) is 0 Å². The second-order valence-corrected chi connectivity index (χ2v) is 8.46. The number of hydrogen-bond donors (Lipinski definition) is 1. The number of allylic oxidation sites excluding steroid dienone is 1. The molecule has 2 aromatic rings. The maximum Gasteiger partial charge on any atom is 0.411 e. The van der Waals surface area contributed by atoms with Crippen LogP contribution in [0.1, 0.15) is 32.4 Å². The number of ether oxygens (including phenoxy) is 2. The predicted molar refractivity (Wildman–Crippen MR) is 115 cm³/mol. The van der Waals surface area contributed by atoms with Gasteiger partial charge in [-0.1, -0.05) is 74.0 Å². The van der Waals surface area contributed by atoms with Gasteiger partial charge in [0.05, 0.1) is 12.7 Å². The number of hydrogen-bond acceptors (Lipinski definition) is 3. The molecule has 1 N–H and O–H groups in total. The number of para-hydroxylation sites is 1. The molecule has 0 radical (unpaired) electrons. The number of carbonyl (C=O) groups excluding carboxylic acids is 1. The molecule has 4 heteroatoms. The molecular formula is C25H29NO3. The van der Waals surface area contributed by atoms with Crippen LogP contribution in [0.5, 0.6) is 0 Å². The van der Waals surface area contributed by atoms with Crippen LogP contribution >= 0.6 is 0 Å². The molecule has 0 aromatic heterocycles. The van der Waals surface area contributed by atoms with Crippen molar-refractivity contribution in [2.75, 3.05) is 18.5 Å². The Bertz CT molecular complexity index is 879. The molecule has 1 amide bonds. The van der Waals surface area contributed by atoms with E-state index in [2.05, 4.69) is 56.4 Å². The zero-order valence-corrected chi connectivity index (χ0v) is 17.3. The minimum atomic E-state index is -0.419. The standard InChI is InChI=1S/C25H29NO3/c1-17-14-18(2)25(16-29-24(27)26-21-12-8-5-9-13-21)15-28-23(22(17)19(25)3)20-10-6-4-7-11-20/h4-14,18-19,22-23H,15-16H2,1-3H3,(H,26,27)/t18-,19+,22-,23-,25+/m1/s1. The molecule has 1 heterocycles. The Kier molecular flexibility index (Phi) is 5.46. The minimum Gasteiger partial charge on any atom is -0.449 e. The largest absolute Gasteiger partial charge is 0.449 e. The van der Waals surface area contributed by atoms with E-state index in [-0.39, 0.29) is 23.4 Å². The van der Waals surface area contributed by atoms with Crippen molar-refractivity contribution in [2.24, 2.45) is 23.2 Å². The summed E-state index contributed by atoms with van der Waals surface area (Å²) in [6, 6.07) is 19.8. The van der Waals surface area contributed by atoms with Gasteiger partial charge in [-0.25, -0.2) is 4.79 Å². The lowest BCUT2D eigenvalue weighted by molar-refractivity contribution is -0.165. The van der Waals surface area contributed by atoms with E-state index in [9.17, 15) is 4.79 Å². The third-order valence-corrected chi connectivity index (χ3v) is 6.87. The van der Waals surface area contributed by atoms with Gasteiger partial charge in [-0.15, -0.1) is 0 Å². The highest BCUT2D eigenvalue weighted by Crippen LogP contribution is 2.56. The van der Waals surface area contributed by atoms with Crippen LogP contribution < -0.4 is 5.32 Å². The van der Waals surface area contributed by atoms with E-state index in [1.165, 1.54) is 11.1 Å². The molecule has 2 bridgehead atoms. The Balaban J connectivity index is 1.52. The van der Waals surface area contributed by atoms with Crippen LogP contribution in [0.2, 0.25) is 0 Å². The Morgan fingerprint density at radius 3 is 2.45 bits per heavy atom. The molecule has 4 rings (SSSR count). The second kappa shape index (κ2) is 8.03. The fourth-order valence-corrected chi connectivity index (χ4v) is 5.08. The van der Waals surface area contributed by atoms with Crippen molar-refractivity contribution >= 4 is 11.8 Å². The highest BCUT2D eigenvalue weighted by atomic mass is 16.6. The molecule has 0 unspecified atom stereocenters. The van der Waals surface area contributed by atoms with Gasteiger partial charge >= 0.3 is 6.09 Å². The van der Waals surface area contributed by atoms with E-state index in [4.69, 9.17) is 9.47 Å². The van der Waals surface area contributed by atoms with Crippen molar-refractivity contribution in [3.8, 4) is 0 Å². The molecular weight excluding hydrogens is 362 g/mol. The van der Waals surface area contributed by atoms with Crippen molar-refractivity contribution in [3.05, 3.63) is 77.9 Å². The average molecular weight is 392 g/mol. The van der Waals surface area contributed by atoms with Gasteiger partial charge < -0.3 is 9.47 Å². The highest BCUT2D eigenvalue weighted by Gasteiger charge is 2.54. The molecule has 2 aliphatic rings. The molecule has 1 aliphatic heterocycles. The van der Waals surface area contributed by atoms with Gasteiger partial charge in [0, 0.05) is 17.0 Å². The van der Waals surface area contributed by atoms with Crippen molar-refractivity contribution < 1.29 is 14.3 Å². The van der Waals surface area contributed by atoms with Crippen molar-refractivity contribution in [2.45, 2.75) is 26.9 Å². The normalized spacial score (nSPS) is 30.9. The number of benzene rings is 2. The van der Waals surface area contributed by atoms with E-state index in [1.807, 2.05) is 36.4 Å². The smallest absolute Gasteiger partial charge is 0.411 e. The molecule has 1 fully saturated rings. The molecule has 2 aromatic carbocycles. The third-order valence-electron chi connectivity index (χ3n) is 6.87. The monoisotopic (exact) mass is 391 g/mol. The first kappa shape index (κ1) is 19.7. The molecule has 4 nitrogen and oxygen atoms in total. The zero-order valence-electron chi connectivity index (χ0n) is 17.3. The summed E-state index contributed by atoms with van der Waals surface area (Å²) in [7, 11) is 0. The van der Waals surface area contributed by atoms with Crippen molar-refractivity contribution in [1.82, 2.24) is 0 Å². The predicted octanol–water partition coefficient (Wildman–Crippen LogP) is 5.84. The van der Waals surface area contributed by atoms with Crippen LogP contribution in [0, 0.1) is 23.2 Å². The van der Waals surface area contributed by atoms with Gasteiger partial charge in [0.2, 0.25) is 0 Å². The third kappa shape index (κ3) is 3.69. The van der Waals surface area contributed by atoms with Gasteiger partial charge in [-0.3, -0.25) is 5.32 Å². The van der Waals surface area contributed by atoms with Crippen LogP contribution in [-0.2, 0) is 9.47 Å². The number of fused-ring (bicyclic) bond motifs is 2. The number of amides is 1. The Hall–Kier alpha value is -2.59. The summed E-state index contributed by atoms with van der Waals surface area (Å²) in [6.07, 6.45) is 1.97. The van der Waals surface area contributed by atoms with E-state index >= 15 is 0 Å². The quantitative estimate of drug-likeness (QED) is 0.666. The van der Waals surface area contributed by atoms with Crippen LogP contribution in [0.25, 0.3) is 0 Å². The van der Waals surface area contributed by atoms with Gasteiger partial charge in [-0.2, -0.15) is 0 Å². The highest BCUT2D eigenvalue weighted by molar-refractivity contribution is 5.84. The number of nitrogens with one attached hydrogen (secondary N) is 1. The van der Waals surface area contributed by atoms with Gasteiger partial charge in [0.25, 0.3) is 0 Å². The first-order chi connectivity index (χ1) is 14.0. The van der Waals surface area contributed by atoms with Gasteiger partial charge in [-0.05, 0) is 36.5 Å². The van der Waals surface area contributed by atoms with Gasteiger partial charge in [0.15, 0.2) is 0 Å². The molecule has 1 aliphatic carbocycles. The van der Waals surface area contributed by atoms with Crippen molar-refractivity contribution in [3.63, 3.8) is 0 Å². The van der Waals surface area contributed by atoms with Crippen LogP contribution in [0.15, 0.2) is 72.3 Å². The summed E-state index contributed by atoms with van der Waals surface area (Å²) in [5.41, 5.74) is 3.09. The lowest BCUT2D eigenvalue weighted by atomic mass is 9.56. The maximum absolute atomic E-state index is 12.4. The summed E-state index contributed by atoms with van der Waals surface area (Å²) >= 11 is 0. The van der Waals surface area contributed by atoms with E-state index < -0.39 is 6.09 Å². The number of anilines is 1. The van der Waals surface area contributed by atoms with Gasteiger partial charge in [0.1, 0.15) is 6.61 Å². The molecule has 152 valence electrons. The number of carbonyl (C=O) groups is 1. The first-order valence-electron chi connectivity index (χ1n) is 10.3. The van der Waals surface area contributed by atoms with E-state index in [0.29, 0.717) is 19.1 Å². The molecule has 5 atom stereocenters. The summed E-state index contributed by atoms with van der Waals surface area (Å²) in [5.74, 6) is 0.893.